The second-order valence-electron chi connectivity index (χ2n) is 7.32. The molecule has 2 aliphatic heterocycles. The number of amides is 1. The van der Waals surface area contributed by atoms with Crippen molar-refractivity contribution in [2.45, 2.75) is 25.3 Å². The molecule has 2 aliphatic rings. The number of hydrogen-bond acceptors (Lipinski definition) is 5. The van der Waals surface area contributed by atoms with Gasteiger partial charge in [0, 0.05) is 38.8 Å². The molecule has 28 heavy (non-hydrogen) atoms. The SMILES string of the molecule is COc1ccc(F)c(C(=O)N2CC[C@H](N3CCOCC3)[C@H](CCCO)C2)c1F. The molecule has 0 aliphatic carbocycles. The largest absolute Gasteiger partial charge is 0.494 e. The van der Waals surface area contributed by atoms with Crippen molar-refractivity contribution < 1.29 is 28.2 Å². The Morgan fingerprint density at radius 1 is 1.29 bits per heavy atom. The number of ether oxygens (including phenoxy) is 2. The molecule has 8 heteroatoms. The number of aliphatic hydroxyl groups excluding tert-OH is 1. The van der Waals surface area contributed by atoms with Gasteiger partial charge in [-0.2, -0.15) is 0 Å². The molecule has 6 nitrogen and oxygen atoms in total. The molecule has 0 saturated carbocycles. The third-order valence-electron chi connectivity index (χ3n) is 5.72. The highest BCUT2D eigenvalue weighted by atomic mass is 19.1. The van der Waals surface area contributed by atoms with Gasteiger partial charge in [0.25, 0.3) is 5.91 Å². The fourth-order valence-electron chi connectivity index (χ4n) is 4.28. The van der Waals surface area contributed by atoms with Crippen molar-refractivity contribution in [3.05, 3.63) is 29.3 Å². The van der Waals surface area contributed by atoms with E-state index in [4.69, 9.17) is 9.47 Å². The quantitative estimate of drug-likeness (QED) is 0.793. The summed E-state index contributed by atoms with van der Waals surface area (Å²) in [6.45, 7) is 3.99. The smallest absolute Gasteiger partial charge is 0.259 e. The lowest BCUT2D eigenvalue weighted by molar-refractivity contribution is -0.0197. The van der Waals surface area contributed by atoms with Crippen LogP contribution in [0.5, 0.6) is 5.75 Å². The first kappa shape index (κ1) is 21.0. The summed E-state index contributed by atoms with van der Waals surface area (Å²) in [5.74, 6) is -2.51. The summed E-state index contributed by atoms with van der Waals surface area (Å²) in [5, 5.41) is 9.25. The van der Waals surface area contributed by atoms with E-state index in [1.165, 1.54) is 18.1 Å². The maximum atomic E-state index is 14.5. The number of aliphatic hydroxyl groups is 1. The number of nitrogens with zero attached hydrogens (tertiary/aromatic N) is 2. The van der Waals surface area contributed by atoms with Crippen molar-refractivity contribution in [1.29, 1.82) is 0 Å². The Labute approximate surface area is 164 Å². The Balaban J connectivity index is 1.77. The average molecular weight is 398 g/mol. The molecule has 0 aromatic heterocycles. The molecule has 2 saturated heterocycles. The molecule has 1 amide bonds. The van der Waals surface area contributed by atoms with E-state index in [9.17, 15) is 18.7 Å². The zero-order chi connectivity index (χ0) is 20.1. The van der Waals surface area contributed by atoms with Gasteiger partial charge in [0.15, 0.2) is 11.6 Å². The lowest BCUT2D eigenvalue weighted by atomic mass is 9.86. The lowest BCUT2D eigenvalue weighted by Gasteiger charge is -2.45. The van der Waals surface area contributed by atoms with Gasteiger partial charge in [-0.05, 0) is 37.3 Å². The van der Waals surface area contributed by atoms with Gasteiger partial charge < -0.3 is 19.5 Å². The van der Waals surface area contributed by atoms with Crippen LogP contribution >= 0.6 is 0 Å². The van der Waals surface area contributed by atoms with E-state index in [-0.39, 0.29) is 24.3 Å². The summed E-state index contributed by atoms with van der Waals surface area (Å²) >= 11 is 0. The van der Waals surface area contributed by atoms with Crippen LogP contribution in [0.1, 0.15) is 29.6 Å². The van der Waals surface area contributed by atoms with Crippen LogP contribution in [0.2, 0.25) is 0 Å². The molecule has 1 N–H and O–H groups in total. The highest BCUT2D eigenvalue weighted by Crippen LogP contribution is 2.30. The topological polar surface area (TPSA) is 62.2 Å². The van der Waals surface area contributed by atoms with E-state index < -0.39 is 23.1 Å². The van der Waals surface area contributed by atoms with Crippen molar-refractivity contribution in [3.8, 4) is 5.75 Å². The minimum absolute atomic E-state index is 0.0828. The van der Waals surface area contributed by atoms with Crippen molar-refractivity contribution >= 4 is 5.91 Å². The minimum atomic E-state index is -0.963. The molecule has 1 aromatic rings. The number of benzene rings is 1. The first-order chi connectivity index (χ1) is 13.6. The van der Waals surface area contributed by atoms with Gasteiger partial charge in [-0.15, -0.1) is 0 Å². The monoisotopic (exact) mass is 398 g/mol. The van der Waals surface area contributed by atoms with Crippen LogP contribution < -0.4 is 4.74 Å². The average Bonchev–Trinajstić information content (AvgIpc) is 2.72. The highest BCUT2D eigenvalue weighted by molar-refractivity contribution is 5.95. The Hall–Kier alpha value is -1.77. The first-order valence-corrected chi connectivity index (χ1v) is 9.80. The zero-order valence-electron chi connectivity index (χ0n) is 16.2. The summed E-state index contributed by atoms with van der Waals surface area (Å²) in [7, 11) is 1.28. The van der Waals surface area contributed by atoms with E-state index in [1.807, 2.05) is 0 Å². The summed E-state index contributed by atoms with van der Waals surface area (Å²) in [4.78, 5) is 16.8. The van der Waals surface area contributed by atoms with Gasteiger partial charge in [-0.1, -0.05) is 0 Å². The van der Waals surface area contributed by atoms with Crippen molar-refractivity contribution in [2.75, 3.05) is 53.1 Å². The van der Waals surface area contributed by atoms with Gasteiger partial charge in [-0.3, -0.25) is 9.69 Å². The maximum absolute atomic E-state index is 14.5. The standard InChI is InChI=1S/C20H28F2N2O4/c1-27-17-5-4-15(21)18(19(17)22)20(26)24-7-6-16(14(13-24)3-2-10-25)23-8-11-28-12-9-23/h4-5,14,16,25H,2-3,6-13H2,1H3/t14-,16+/m1/s1. The zero-order valence-corrected chi connectivity index (χ0v) is 16.2. The molecule has 156 valence electrons. The molecule has 2 atom stereocenters. The van der Waals surface area contributed by atoms with Crippen LogP contribution in [0.3, 0.4) is 0 Å². The summed E-state index contributed by atoms with van der Waals surface area (Å²) < 4.78 is 39.1. The fourth-order valence-corrected chi connectivity index (χ4v) is 4.28. The van der Waals surface area contributed by atoms with E-state index in [0.717, 1.165) is 32.0 Å². The number of piperidine rings is 1. The molecule has 2 fully saturated rings. The molecular weight excluding hydrogens is 370 g/mol. The molecule has 0 spiro atoms. The molecule has 2 heterocycles. The number of hydrogen-bond donors (Lipinski definition) is 1. The van der Waals surface area contributed by atoms with E-state index >= 15 is 0 Å². The third kappa shape index (κ3) is 4.45. The molecule has 3 rings (SSSR count). The molecule has 1 aromatic carbocycles. The van der Waals surface area contributed by atoms with Crippen molar-refractivity contribution in [2.24, 2.45) is 5.92 Å². The van der Waals surface area contributed by atoms with Crippen LogP contribution in [-0.2, 0) is 4.74 Å². The Kier molecular flexibility index (Phi) is 7.20. The van der Waals surface area contributed by atoms with Crippen LogP contribution in [-0.4, -0.2) is 80.0 Å². The second-order valence-corrected chi connectivity index (χ2v) is 7.32. The van der Waals surface area contributed by atoms with Gasteiger partial charge in [0.1, 0.15) is 11.4 Å². The third-order valence-corrected chi connectivity index (χ3v) is 5.72. The first-order valence-electron chi connectivity index (χ1n) is 9.80. The Morgan fingerprint density at radius 2 is 2.04 bits per heavy atom. The van der Waals surface area contributed by atoms with Crippen molar-refractivity contribution in [1.82, 2.24) is 9.80 Å². The number of likely N-dealkylation sites (tertiary alicyclic amines) is 1. The summed E-state index contributed by atoms with van der Waals surface area (Å²) in [6, 6.07) is 2.51. The van der Waals surface area contributed by atoms with E-state index in [1.54, 1.807) is 0 Å². The molecule has 0 radical (unpaired) electrons. The number of methoxy groups -OCH3 is 1. The lowest BCUT2D eigenvalue weighted by Crippen LogP contribution is -2.55. The van der Waals surface area contributed by atoms with Crippen LogP contribution in [0.4, 0.5) is 8.78 Å². The van der Waals surface area contributed by atoms with Crippen molar-refractivity contribution in [3.63, 3.8) is 0 Å². The summed E-state index contributed by atoms with van der Waals surface area (Å²) in [5.41, 5.74) is -0.565. The number of carbonyl (C=O) groups excluding carboxylic acids is 1. The van der Waals surface area contributed by atoms with Gasteiger partial charge in [0.05, 0.1) is 20.3 Å². The predicted molar refractivity (Wildman–Crippen MR) is 99.4 cm³/mol. The number of carbonyl (C=O) groups is 1. The second kappa shape index (κ2) is 9.62. The van der Waals surface area contributed by atoms with Crippen LogP contribution in [0.15, 0.2) is 12.1 Å². The Morgan fingerprint density at radius 3 is 2.71 bits per heavy atom. The highest BCUT2D eigenvalue weighted by Gasteiger charge is 2.37. The van der Waals surface area contributed by atoms with E-state index in [0.29, 0.717) is 32.7 Å². The maximum Gasteiger partial charge on any atom is 0.259 e. The van der Waals surface area contributed by atoms with Crippen LogP contribution in [0, 0.1) is 17.6 Å². The summed E-state index contributed by atoms with van der Waals surface area (Å²) in [6.07, 6.45) is 2.12. The Bertz CT molecular complexity index is 682. The number of morpholine rings is 1. The fraction of sp³-hybridized carbons (Fsp3) is 0.650. The van der Waals surface area contributed by atoms with E-state index in [2.05, 4.69) is 4.90 Å². The normalized spacial score (nSPS) is 23.6. The molecule has 0 unspecified atom stereocenters. The minimum Gasteiger partial charge on any atom is -0.494 e. The molecule has 0 bridgehead atoms. The molecular formula is C20H28F2N2O4. The number of halogens is 2. The predicted octanol–water partition coefficient (Wildman–Crippen LogP) is 1.91. The van der Waals surface area contributed by atoms with Gasteiger partial charge in [0.2, 0.25) is 0 Å². The van der Waals surface area contributed by atoms with Gasteiger partial charge >= 0.3 is 0 Å². The van der Waals surface area contributed by atoms with Gasteiger partial charge in [-0.25, -0.2) is 8.78 Å². The van der Waals surface area contributed by atoms with Crippen LogP contribution in [0.25, 0.3) is 0 Å². The number of rotatable bonds is 6.